The molecule has 1 rings (SSSR count). The first-order chi connectivity index (χ1) is 8.97. The maximum Gasteiger partial charge on any atom is 0.254 e. The van der Waals surface area contributed by atoms with Crippen molar-refractivity contribution in [2.24, 2.45) is 0 Å². The van der Waals surface area contributed by atoms with E-state index in [1.807, 2.05) is 19.9 Å². The summed E-state index contributed by atoms with van der Waals surface area (Å²) in [6, 6.07) is 4.69. The van der Waals surface area contributed by atoms with Crippen molar-refractivity contribution >= 4 is 17.5 Å². The summed E-state index contributed by atoms with van der Waals surface area (Å²) in [5.41, 5.74) is 7.43. The normalized spacial score (nSPS) is 11.7. The van der Waals surface area contributed by atoms with Crippen LogP contribution in [0.1, 0.15) is 36.2 Å². The minimum Gasteiger partial charge on any atom is -0.398 e. The number of anilines is 1. The first-order valence-electron chi connectivity index (χ1n) is 6.41. The van der Waals surface area contributed by atoms with E-state index in [0.717, 1.165) is 12.0 Å². The number of rotatable bonds is 5. The highest BCUT2D eigenvalue weighted by atomic mass is 16.2. The van der Waals surface area contributed by atoms with Gasteiger partial charge in [0, 0.05) is 12.2 Å². The molecule has 1 aromatic rings. The lowest BCUT2D eigenvalue weighted by molar-refractivity contribution is -0.122. The summed E-state index contributed by atoms with van der Waals surface area (Å²) in [7, 11) is 0. The summed E-state index contributed by atoms with van der Waals surface area (Å²) < 4.78 is 0. The van der Waals surface area contributed by atoms with Crippen LogP contribution in [-0.4, -0.2) is 24.4 Å². The van der Waals surface area contributed by atoms with E-state index in [1.165, 1.54) is 0 Å². The first kappa shape index (κ1) is 15.0. The minimum absolute atomic E-state index is 0.192. The molecule has 2 amide bonds. The molecule has 1 unspecified atom stereocenters. The van der Waals surface area contributed by atoms with Crippen LogP contribution < -0.4 is 16.4 Å². The highest BCUT2D eigenvalue weighted by molar-refractivity contribution is 6.02. The molecular weight excluding hydrogens is 242 g/mol. The third-order valence-corrected chi connectivity index (χ3v) is 2.82. The van der Waals surface area contributed by atoms with Gasteiger partial charge in [-0.15, -0.1) is 0 Å². The van der Waals surface area contributed by atoms with Gasteiger partial charge in [0.15, 0.2) is 0 Å². The highest BCUT2D eigenvalue weighted by Crippen LogP contribution is 2.15. The zero-order chi connectivity index (χ0) is 14.4. The lowest BCUT2D eigenvalue weighted by atomic mass is 10.1. The van der Waals surface area contributed by atoms with Crippen molar-refractivity contribution in [1.82, 2.24) is 10.6 Å². The molecule has 1 aromatic carbocycles. The van der Waals surface area contributed by atoms with Gasteiger partial charge in [0.25, 0.3) is 5.91 Å². The van der Waals surface area contributed by atoms with Crippen molar-refractivity contribution in [2.45, 2.75) is 33.2 Å². The summed E-state index contributed by atoms with van der Waals surface area (Å²) >= 11 is 0. The van der Waals surface area contributed by atoms with Crippen LogP contribution in [0.5, 0.6) is 0 Å². The maximum atomic E-state index is 12.1. The minimum atomic E-state index is -0.585. The predicted molar refractivity (Wildman–Crippen MR) is 75.8 cm³/mol. The van der Waals surface area contributed by atoms with Crippen LogP contribution in [-0.2, 0) is 4.79 Å². The third-order valence-electron chi connectivity index (χ3n) is 2.82. The van der Waals surface area contributed by atoms with Gasteiger partial charge < -0.3 is 16.4 Å². The molecule has 0 saturated carbocycles. The molecule has 0 radical (unpaired) electrons. The lowest BCUT2D eigenvalue weighted by Gasteiger charge is -2.15. The molecule has 0 spiro atoms. The number of nitrogen functional groups attached to an aromatic ring is 1. The van der Waals surface area contributed by atoms with Crippen molar-refractivity contribution < 1.29 is 9.59 Å². The van der Waals surface area contributed by atoms with Gasteiger partial charge in [-0.2, -0.15) is 0 Å². The van der Waals surface area contributed by atoms with Crippen LogP contribution in [0.4, 0.5) is 5.69 Å². The molecule has 0 fully saturated rings. The van der Waals surface area contributed by atoms with Gasteiger partial charge in [0.05, 0.1) is 5.56 Å². The third kappa shape index (κ3) is 3.98. The van der Waals surface area contributed by atoms with Crippen LogP contribution in [0.15, 0.2) is 18.2 Å². The number of carbonyl (C=O) groups excluding carboxylic acids is 2. The molecule has 4 N–H and O–H groups in total. The van der Waals surface area contributed by atoms with Crippen LogP contribution in [0.2, 0.25) is 0 Å². The summed E-state index contributed by atoms with van der Waals surface area (Å²) in [6.45, 7) is 6.04. The number of amides is 2. The van der Waals surface area contributed by atoms with E-state index in [0.29, 0.717) is 17.8 Å². The highest BCUT2D eigenvalue weighted by Gasteiger charge is 2.18. The lowest BCUT2D eigenvalue weighted by Crippen LogP contribution is -2.45. The fraction of sp³-hybridized carbons (Fsp3) is 0.429. The summed E-state index contributed by atoms with van der Waals surface area (Å²) in [6.07, 6.45) is 0.858. The summed E-state index contributed by atoms with van der Waals surface area (Å²) in [5, 5.41) is 5.39. The molecule has 0 aromatic heterocycles. The van der Waals surface area contributed by atoms with Gasteiger partial charge >= 0.3 is 0 Å². The fourth-order valence-electron chi connectivity index (χ4n) is 1.74. The number of benzene rings is 1. The van der Waals surface area contributed by atoms with E-state index in [4.69, 9.17) is 5.73 Å². The Morgan fingerprint density at radius 3 is 2.63 bits per heavy atom. The maximum absolute atomic E-state index is 12.1. The van der Waals surface area contributed by atoms with Gasteiger partial charge in [-0.05, 0) is 31.9 Å². The smallest absolute Gasteiger partial charge is 0.254 e. The summed E-state index contributed by atoms with van der Waals surface area (Å²) in [4.78, 5) is 23.8. The number of hydrogen-bond acceptors (Lipinski definition) is 3. The molecule has 0 aliphatic rings. The number of carbonyl (C=O) groups is 2. The van der Waals surface area contributed by atoms with E-state index in [9.17, 15) is 9.59 Å². The van der Waals surface area contributed by atoms with Crippen LogP contribution in [0.3, 0.4) is 0 Å². The molecule has 0 saturated heterocycles. The first-order valence-corrected chi connectivity index (χ1v) is 6.41. The molecule has 1 atom stereocenters. The monoisotopic (exact) mass is 263 g/mol. The van der Waals surface area contributed by atoms with E-state index in [2.05, 4.69) is 10.6 Å². The Balaban J connectivity index is 2.72. The quantitative estimate of drug-likeness (QED) is 0.698. The number of hydrogen-bond donors (Lipinski definition) is 3. The van der Waals surface area contributed by atoms with Gasteiger partial charge in [0.1, 0.15) is 6.04 Å². The van der Waals surface area contributed by atoms with Gasteiger partial charge in [-0.3, -0.25) is 9.59 Å². The zero-order valence-electron chi connectivity index (χ0n) is 11.6. The Hall–Kier alpha value is -2.04. The Morgan fingerprint density at radius 2 is 2.05 bits per heavy atom. The second kappa shape index (κ2) is 6.78. The van der Waals surface area contributed by atoms with E-state index < -0.39 is 6.04 Å². The van der Waals surface area contributed by atoms with Crippen LogP contribution >= 0.6 is 0 Å². The van der Waals surface area contributed by atoms with E-state index >= 15 is 0 Å². The summed E-state index contributed by atoms with van der Waals surface area (Å²) in [5.74, 6) is -0.517. The fourth-order valence-corrected chi connectivity index (χ4v) is 1.74. The largest absolute Gasteiger partial charge is 0.398 e. The topological polar surface area (TPSA) is 84.2 Å². The molecule has 19 heavy (non-hydrogen) atoms. The van der Waals surface area contributed by atoms with Crippen molar-refractivity contribution in [3.8, 4) is 0 Å². The molecule has 0 bridgehead atoms. The molecule has 0 aliphatic heterocycles. The van der Waals surface area contributed by atoms with Gasteiger partial charge in [-0.1, -0.05) is 19.1 Å². The number of nitrogens with one attached hydrogen (secondary N) is 2. The Morgan fingerprint density at radius 1 is 1.37 bits per heavy atom. The Bertz CT molecular complexity index is 452. The number of nitrogens with two attached hydrogens (primary N) is 1. The van der Waals surface area contributed by atoms with Crippen LogP contribution in [0, 0.1) is 6.92 Å². The average molecular weight is 263 g/mol. The molecule has 0 heterocycles. The van der Waals surface area contributed by atoms with Crippen LogP contribution in [0.25, 0.3) is 0 Å². The van der Waals surface area contributed by atoms with E-state index in [1.54, 1.807) is 19.1 Å². The van der Waals surface area contributed by atoms with Crippen molar-refractivity contribution in [3.05, 3.63) is 29.3 Å². The zero-order valence-corrected chi connectivity index (χ0v) is 11.6. The van der Waals surface area contributed by atoms with Crippen molar-refractivity contribution in [2.75, 3.05) is 12.3 Å². The molecule has 104 valence electrons. The van der Waals surface area contributed by atoms with Gasteiger partial charge in [-0.25, -0.2) is 0 Å². The number of aryl methyl sites for hydroxylation is 1. The SMILES string of the molecule is CCCNC(=O)C(C)NC(=O)c1c(C)cccc1N. The molecular formula is C14H21N3O2. The predicted octanol–water partition coefficient (Wildman–Crippen LogP) is 1.22. The van der Waals surface area contributed by atoms with E-state index in [-0.39, 0.29) is 11.8 Å². The Labute approximate surface area is 113 Å². The molecule has 5 heteroatoms. The second-order valence-electron chi connectivity index (χ2n) is 4.53. The van der Waals surface area contributed by atoms with Gasteiger partial charge in [0.2, 0.25) is 5.91 Å². The molecule has 0 aliphatic carbocycles. The van der Waals surface area contributed by atoms with Crippen molar-refractivity contribution in [1.29, 1.82) is 0 Å². The molecule has 5 nitrogen and oxygen atoms in total. The average Bonchev–Trinajstić information content (AvgIpc) is 2.35. The second-order valence-corrected chi connectivity index (χ2v) is 4.53. The standard InChI is InChI=1S/C14H21N3O2/c1-4-8-16-13(18)10(3)17-14(19)12-9(2)6-5-7-11(12)15/h5-7,10H,4,8,15H2,1-3H3,(H,16,18)(H,17,19). The Kier molecular flexibility index (Phi) is 5.36. The van der Waals surface area contributed by atoms with Crippen molar-refractivity contribution in [3.63, 3.8) is 0 Å².